The summed E-state index contributed by atoms with van der Waals surface area (Å²) < 4.78 is 0. The summed E-state index contributed by atoms with van der Waals surface area (Å²) in [6.45, 7) is 0.121. The molecule has 0 amide bonds. The lowest BCUT2D eigenvalue weighted by molar-refractivity contribution is -0.384. The quantitative estimate of drug-likeness (QED) is 0.511. The number of nitrogens with zero attached hydrogens (tertiary/aromatic N) is 4. The topological polar surface area (TPSA) is 124 Å². The lowest BCUT2D eigenvalue weighted by Crippen LogP contribution is -2.06. The van der Waals surface area contributed by atoms with Gasteiger partial charge in [-0.3, -0.25) is 20.2 Å². The van der Waals surface area contributed by atoms with E-state index in [-0.39, 0.29) is 23.2 Å². The van der Waals surface area contributed by atoms with Gasteiger partial charge in [0.2, 0.25) is 11.0 Å². The number of nitro groups is 2. The molecule has 108 valence electrons. The number of rotatable bonds is 5. The van der Waals surface area contributed by atoms with E-state index in [1.165, 1.54) is 18.2 Å². The predicted octanol–water partition coefficient (Wildman–Crippen LogP) is 2.56. The summed E-state index contributed by atoms with van der Waals surface area (Å²) in [6.07, 6.45) is 1.09. The highest BCUT2D eigenvalue weighted by atomic mass is 35.5. The summed E-state index contributed by atoms with van der Waals surface area (Å²) in [6, 6.07) is 5.89. The number of nitrogens with one attached hydrogen (secondary N) is 1. The molecule has 0 unspecified atom stereocenters. The number of aromatic nitrogens is 2. The standard InChI is InChI=1S/C11H8ClN5O4/c12-10-9(17(20)21)11(15-6-14-10)13-5-7-2-1-3-8(4-7)16(18)19/h1-4,6H,5H2,(H,13,14,15). The highest BCUT2D eigenvalue weighted by Gasteiger charge is 2.21. The van der Waals surface area contributed by atoms with Crippen molar-refractivity contribution < 1.29 is 9.85 Å². The second-order valence-electron chi connectivity index (χ2n) is 3.90. The van der Waals surface area contributed by atoms with E-state index in [0.717, 1.165) is 6.33 Å². The molecule has 0 saturated carbocycles. The minimum Gasteiger partial charge on any atom is -0.360 e. The fourth-order valence-corrected chi connectivity index (χ4v) is 1.82. The number of non-ortho nitro benzene ring substituents is 1. The maximum atomic E-state index is 10.9. The van der Waals surface area contributed by atoms with Crippen LogP contribution in [0.4, 0.5) is 17.2 Å². The molecule has 0 saturated heterocycles. The van der Waals surface area contributed by atoms with Crippen LogP contribution in [-0.4, -0.2) is 19.8 Å². The van der Waals surface area contributed by atoms with Gasteiger partial charge in [-0.25, -0.2) is 9.97 Å². The molecule has 1 aromatic carbocycles. The molecule has 1 N–H and O–H groups in total. The predicted molar refractivity (Wildman–Crippen MR) is 74.1 cm³/mol. The van der Waals surface area contributed by atoms with E-state index >= 15 is 0 Å². The Morgan fingerprint density at radius 2 is 1.95 bits per heavy atom. The highest BCUT2D eigenvalue weighted by Crippen LogP contribution is 2.28. The van der Waals surface area contributed by atoms with Gasteiger partial charge >= 0.3 is 5.69 Å². The van der Waals surface area contributed by atoms with Crippen molar-refractivity contribution >= 4 is 28.8 Å². The van der Waals surface area contributed by atoms with E-state index < -0.39 is 15.5 Å². The fraction of sp³-hybridized carbons (Fsp3) is 0.0909. The Morgan fingerprint density at radius 1 is 1.19 bits per heavy atom. The molecule has 0 radical (unpaired) electrons. The first-order valence-corrected chi connectivity index (χ1v) is 5.99. The van der Waals surface area contributed by atoms with E-state index in [1.54, 1.807) is 6.07 Å². The van der Waals surface area contributed by atoms with Crippen molar-refractivity contribution in [1.82, 2.24) is 9.97 Å². The third-order valence-electron chi connectivity index (χ3n) is 2.54. The van der Waals surface area contributed by atoms with E-state index in [1.807, 2.05) is 0 Å². The number of halogens is 1. The molecule has 0 aliphatic heterocycles. The maximum Gasteiger partial charge on any atom is 0.348 e. The van der Waals surface area contributed by atoms with Crippen molar-refractivity contribution in [1.29, 1.82) is 0 Å². The number of anilines is 1. The molecule has 9 nitrogen and oxygen atoms in total. The Hall–Kier alpha value is -2.81. The first kappa shape index (κ1) is 14.6. The molecule has 0 aliphatic carbocycles. The van der Waals surface area contributed by atoms with Crippen LogP contribution in [0.5, 0.6) is 0 Å². The van der Waals surface area contributed by atoms with E-state index in [9.17, 15) is 20.2 Å². The Bertz CT molecular complexity index is 709. The average molecular weight is 310 g/mol. The normalized spacial score (nSPS) is 10.1. The summed E-state index contributed by atoms with van der Waals surface area (Å²) in [4.78, 5) is 27.7. The zero-order chi connectivity index (χ0) is 15.4. The van der Waals surface area contributed by atoms with Crippen molar-refractivity contribution in [2.24, 2.45) is 0 Å². The van der Waals surface area contributed by atoms with Crippen LogP contribution < -0.4 is 5.32 Å². The van der Waals surface area contributed by atoms with Crippen molar-refractivity contribution in [2.75, 3.05) is 5.32 Å². The second-order valence-corrected chi connectivity index (χ2v) is 4.26. The molecule has 2 rings (SSSR count). The third-order valence-corrected chi connectivity index (χ3v) is 2.82. The minimum atomic E-state index is -0.696. The Balaban J connectivity index is 2.21. The lowest BCUT2D eigenvalue weighted by Gasteiger charge is -2.06. The molecule has 21 heavy (non-hydrogen) atoms. The van der Waals surface area contributed by atoms with Crippen molar-refractivity contribution in [3.8, 4) is 0 Å². The molecule has 10 heteroatoms. The largest absolute Gasteiger partial charge is 0.360 e. The van der Waals surface area contributed by atoms with Gasteiger partial charge in [-0.15, -0.1) is 0 Å². The Labute approximate surface area is 122 Å². The third kappa shape index (κ3) is 3.39. The van der Waals surface area contributed by atoms with E-state index in [0.29, 0.717) is 5.56 Å². The Kier molecular flexibility index (Phi) is 4.24. The van der Waals surface area contributed by atoms with Crippen molar-refractivity contribution in [3.63, 3.8) is 0 Å². The van der Waals surface area contributed by atoms with Crippen LogP contribution in [0.3, 0.4) is 0 Å². The van der Waals surface area contributed by atoms with Crippen LogP contribution in [0, 0.1) is 20.2 Å². The monoisotopic (exact) mass is 309 g/mol. The van der Waals surface area contributed by atoms with Gasteiger partial charge in [0, 0.05) is 18.7 Å². The van der Waals surface area contributed by atoms with Gasteiger partial charge < -0.3 is 5.32 Å². The number of benzene rings is 1. The van der Waals surface area contributed by atoms with Crippen LogP contribution in [0.1, 0.15) is 5.56 Å². The molecule has 0 fully saturated rings. The van der Waals surface area contributed by atoms with Gasteiger partial charge in [0.25, 0.3) is 5.69 Å². The van der Waals surface area contributed by atoms with Crippen LogP contribution >= 0.6 is 11.6 Å². The van der Waals surface area contributed by atoms with Crippen LogP contribution in [0.2, 0.25) is 5.15 Å². The zero-order valence-electron chi connectivity index (χ0n) is 10.4. The first-order chi connectivity index (χ1) is 9.99. The van der Waals surface area contributed by atoms with Crippen molar-refractivity contribution in [3.05, 3.63) is 61.5 Å². The minimum absolute atomic E-state index is 0.0495. The van der Waals surface area contributed by atoms with E-state index in [2.05, 4.69) is 15.3 Å². The van der Waals surface area contributed by atoms with Gasteiger partial charge in [0.05, 0.1) is 9.85 Å². The number of nitro benzene ring substituents is 1. The lowest BCUT2D eigenvalue weighted by atomic mass is 10.2. The Morgan fingerprint density at radius 3 is 2.62 bits per heavy atom. The molecule has 1 heterocycles. The summed E-state index contributed by atoms with van der Waals surface area (Å²) in [5, 5.41) is 24.0. The van der Waals surface area contributed by atoms with Gasteiger partial charge in [-0.05, 0) is 5.56 Å². The number of hydrogen-bond acceptors (Lipinski definition) is 7. The average Bonchev–Trinajstić information content (AvgIpc) is 2.45. The number of hydrogen-bond donors (Lipinski definition) is 1. The van der Waals surface area contributed by atoms with Crippen LogP contribution in [0.25, 0.3) is 0 Å². The highest BCUT2D eigenvalue weighted by molar-refractivity contribution is 6.31. The molecular weight excluding hydrogens is 302 g/mol. The maximum absolute atomic E-state index is 10.9. The summed E-state index contributed by atoms with van der Waals surface area (Å²) in [5.74, 6) is -0.0495. The van der Waals surface area contributed by atoms with Gasteiger partial charge in [0.15, 0.2) is 0 Å². The van der Waals surface area contributed by atoms with Crippen LogP contribution in [-0.2, 0) is 6.54 Å². The van der Waals surface area contributed by atoms with Gasteiger partial charge in [-0.1, -0.05) is 23.7 Å². The van der Waals surface area contributed by atoms with Crippen LogP contribution in [0.15, 0.2) is 30.6 Å². The molecular formula is C11H8ClN5O4. The molecule has 2 aromatic rings. The van der Waals surface area contributed by atoms with E-state index in [4.69, 9.17) is 11.6 Å². The first-order valence-electron chi connectivity index (χ1n) is 5.61. The molecule has 0 aliphatic rings. The summed E-state index contributed by atoms with van der Waals surface area (Å²) in [7, 11) is 0. The van der Waals surface area contributed by atoms with Gasteiger partial charge in [0.1, 0.15) is 6.33 Å². The van der Waals surface area contributed by atoms with Crippen molar-refractivity contribution in [2.45, 2.75) is 6.54 Å². The summed E-state index contributed by atoms with van der Waals surface area (Å²) >= 11 is 5.65. The SMILES string of the molecule is O=[N+]([O-])c1cccc(CNc2ncnc(Cl)c2[N+](=O)[O-])c1. The molecule has 0 bridgehead atoms. The van der Waals surface area contributed by atoms with Gasteiger partial charge in [-0.2, -0.15) is 0 Å². The summed E-state index contributed by atoms with van der Waals surface area (Å²) in [5.41, 5.74) is 0.0716. The zero-order valence-corrected chi connectivity index (χ0v) is 11.1. The second kappa shape index (κ2) is 6.09. The molecule has 0 atom stereocenters. The molecule has 1 aromatic heterocycles. The fourth-order valence-electron chi connectivity index (χ4n) is 1.61. The molecule has 0 spiro atoms. The smallest absolute Gasteiger partial charge is 0.348 e.